The first-order valence-electron chi connectivity index (χ1n) is 11.7. The number of esters is 2. The quantitative estimate of drug-likeness (QED) is 0.247. The molecule has 2 aliphatic heterocycles. The minimum absolute atomic E-state index is 0.115. The van der Waals surface area contributed by atoms with Crippen molar-refractivity contribution in [2.24, 2.45) is 0 Å². The first kappa shape index (κ1) is 26.1. The average Bonchev–Trinajstić information content (AvgIpc) is 3.21. The molecular weight excluding hydrogens is 494 g/mol. The summed E-state index contributed by atoms with van der Waals surface area (Å²) in [6.07, 6.45) is 0.452. The standard InChI is InChI=1S/C27H23N3O8/c1-16(31)37-15-38-27(36)21-5-3-2-4-18(21)7-10-23(32)28-13-17-6-8-20-19(12-17)14-30(26(20)35)22-9-11-24(33)29-25(22)34/h2-6,8,12,22H,9,11,13-15H2,1H3,(H,28,32)(H,29,33,34). The zero-order valence-electron chi connectivity index (χ0n) is 20.4. The van der Waals surface area contributed by atoms with Crippen LogP contribution in [0, 0.1) is 11.8 Å². The van der Waals surface area contributed by atoms with Crippen LogP contribution in [0.5, 0.6) is 0 Å². The number of hydrogen-bond donors (Lipinski definition) is 2. The van der Waals surface area contributed by atoms with Crippen molar-refractivity contribution in [3.63, 3.8) is 0 Å². The average molecular weight is 517 g/mol. The molecule has 38 heavy (non-hydrogen) atoms. The maximum Gasteiger partial charge on any atom is 0.342 e. The molecule has 1 unspecified atom stereocenters. The van der Waals surface area contributed by atoms with E-state index < -0.39 is 36.6 Å². The number of carbonyl (C=O) groups excluding carboxylic acids is 6. The van der Waals surface area contributed by atoms with Gasteiger partial charge < -0.3 is 19.7 Å². The highest BCUT2D eigenvalue weighted by molar-refractivity contribution is 6.05. The summed E-state index contributed by atoms with van der Waals surface area (Å²) in [5.41, 5.74) is 2.30. The highest BCUT2D eigenvalue weighted by atomic mass is 16.7. The predicted molar refractivity (Wildman–Crippen MR) is 130 cm³/mol. The topological polar surface area (TPSA) is 148 Å². The van der Waals surface area contributed by atoms with Crippen LogP contribution in [0.1, 0.15) is 57.2 Å². The smallest absolute Gasteiger partial charge is 0.342 e. The van der Waals surface area contributed by atoms with E-state index in [9.17, 15) is 28.8 Å². The Balaban J connectivity index is 1.36. The molecule has 0 aromatic heterocycles. The Bertz CT molecular complexity index is 1400. The van der Waals surface area contributed by atoms with Gasteiger partial charge in [-0.2, -0.15) is 0 Å². The summed E-state index contributed by atoms with van der Waals surface area (Å²) in [7, 11) is 0. The van der Waals surface area contributed by atoms with Gasteiger partial charge in [-0.25, -0.2) is 4.79 Å². The molecule has 2 N–H and O–H groups in total. The van der Waals surface area contributed by atoms with Gasteiger partial charge in [-0.3, -0.25) is 29.3 Å². The van der Waals surface area contributed by atoms with E-state index in [1.165, 1.54) is 17.9 Å². The van der Waals surface area contributed by atoms with Gasteiger partial charge in [-0.05, 0) is 35.7 Å². The van der Waals surface area contributed by atoms with Gasteiger partial charge in [0.15, 0.2) is 0 Å². The fourth-order valence-corrected chi connectivity index (χ4v) is 4.10. The molecule has 4 amide bonds. The normalized spacial score (nSPS) is 16.1. The van der Waals surface area contributed by atoms with Gasteiger partial charge in [-0.1, -0.05) is 30.2 Å². The number of fused-ring (bicyclic) bond motifs is 1. The lowest BCUT2D eigenvalue weighted by molar-refractivity contribution is -0.149. The molecule has 11 nitrogen and oxygen atoms in total. The van der Waals surface area contributed by atoms with E-state index in [1.807, 2.05) is 0 Å². The largest absolute Gasteiger partial charge is 0.428 e. The lowest BCUT2D eigenvalue weighted by Gasteiger charge is -2.29. The van der Waals surface area contributed by atoms with E-state index >= 15 is 0 Å². The molecular formula is C27H23N3O8. The molecule has 2 aromatic carbocycles. The zero-order valence-corrected chi connectivity index (χ0v) is 20.4. The Morgan fingerprint density at radius 1 is 1.11 bits per heavy atom. The van der Waals surface area contributed by atoms with Gasteiger partial charge in [0.25, 0.3) is 11.8 Å². The minimum atomic E-state index is -0.754. The molecule has 2 heterocycles. The molecule has 1 atom stereocenters. The summed E-state index contributed by atoms with van der Waals surface area (Å²) in [6.45, 7) is 1.02. The first-order chi connectivity index (χ1) is 18.2. The van der Waals surface area contributed by atoms with Crippen molar-refractivity contribution in [2.75, 3.05) is 6.79 Å². The number of rotatable bonds is 6. The summed E-state index contributed by atoms with van der Waals surface area (Å²) in [5.74, 6) is 2.03. The number of hydrogen-bond acceptors (Lipinski definition) is 8. The number of amides is 4. The van der Waals surface area contributed by atoms with E-state index in [-0.39, 0.29) is 48.9 Å². The van der Waals surface area contributed by atoms with Crippen LogP contribution in [0.15, 0.2) is 42.5 Å². The van der Waals surface area contributed by atoms with Crippen LogP contribution in [-0.2, 0) is 41.7 Å². The molecule has 0 aliphatic carbocycles. The molecule has 0 radical (unpaired) electrons. The fourth-order valence-electron chi connectivity index (χ4n) is 4.10. The SMILES string of the molecule is CC(=O)OCOC(=O)c1ccccc1C#CC(=O)NCc1ccc2c(c1)CN(C1CCC(=O)NC1=O)C2=O. The fraction of sp³-hybridized carbons (Fsp3) is 0.259. The lowest BCUT2D eigenvalue weighted by Crippen LogP contribution is -2.52. The second-order valence-corrected chi connectivity index (χ2v) is 8.56. The van der Waals surface area contributed by atoms with Gasteiger partial charge in [-0.15, -0.1) is 0 Å². The Labute approximate surface area is 217 Å². The van der Waals surface area contributed by atoms with Crippen LogP contribution in [-0.4, -0.2) is 53.3 Å². The number of carbonyl (C=O) groups is 6. The van der Waals surface area contributed by atoms with Crippen molar-refractivity contribution >= 4 is 35.6 Å². The maximum atomic E-state index is 12.8. The van der Waals surface area contributed by atoms with Crippen LogP contribution < -0.4 is 10.6 Å². The van der Waals surface area contributed by atoms with E-state index in [4.69, 9.17) is 4.74 Å². The van der Waals surface area contributed by atoms with Gasteiger partial charge in [0, 0.05) is 43.5 Å². The van der Waals surface area contributed by atoms with Crippen LogP contribution in [0.25, 0.3) is 0 Å². The van der Waals surface area contributed by atoms with Crippen LogP contribution in [0.4, 0.5) is 0 Å². The molecule has 1 saturated heterocycles. The Hall–Kier alpha value is -4.98. The minimum Gasteiger partial charge on any atom is -0.428 e. The third-order valence-electron chi connectivity index (χ3n) is 5.95. The summed E-state index contributed by atoms with van der Waals surface area (Å²) in [6, 6.07) is 10.7. The number of benzene rings is 2. The maximum absolute atomic E-state index is 12.8. The Kier molecular flexibility index (Phi) is 7.82. The van der Waals surface area contributed by atoms with E-state index in [2.05, 4.69) is 27.2 Å². The second-order valence-electron chi connectivity index (χ2n) is 8.56. The second kappa shape index (κ2) is 11.4. The monoisotopic (exact) mass is 517 g/mol. The zero-order chi connectivity index (χ0) is 27.2. The molecule has 0 saturated carbocycles. The van der Waals surface area contributed by atoms with E-state index in [1.54, 1.807) is 36.4 Å². The Morgan fingerprint density at radius 2 is 1.89 bits per heavy atom. The van der Waals surface area contributed by atoms with Gasteiger partial charge in [0.05, 0.1) is 5.56 Å². The molecule has 194 valence electrons. The van der Waals surface area contributed by atoms with Gasteiger partial charge in [0.1, 0.15) is 6.04 Å². The summed E-state index contributed by atoms with van der Waals surface area (Å²) < 4.78 is 9.47. The van der Waals surface area contributed by atoms with Crippen molar-refractivity contribution in [2.45, 2.75) is 38.9 Å². The highest BCUT2D eigenvalue weighted by Crippen LogP contribution is 2.28. The molecule has 1 fully saturated rings. The highest BCUT2D eigenvalue weighted by Gasteiger charge is 2.39. The molecule has 2 aliphatic rings. The number of piperidine rings is 1. The van der Waals surface area contributed by atoms with Crippen molar-refractivity contribution in [3.05, 3.63) is 70.3 Å². The summed E-state index contributed by atoms with van der Waals surface area (Å²) >= 11 is 0. The van der Waals surface area contributed by atoms with Crippen molar-refractivity contribution < 1.29 is 38.2 Å². The number of nitrogens with one attached hydrogen (secondary N) is 2. The van der Waals surface area contributed by atoms with Crippen molar-refractivity contribution in [1.29, 1.82) is 0 Å². The lowest BCUT2D eigenvalue weighted by atomic mass is 10.0. The van der Waals surface area contributed by atoms with Gasteiger partial charge in [0.2, 0.25) is 18.6 Å². The molecule has 0 bridgehead atoms. The molecule has 4 rings (SSSR count). The van der Waals surface area contributed by atoms with Crippen molar-refractivity contribution in [1.82, 2.24) is 15.5 Å². The third kappa shape index (κ3) is 6.04. The summed E-state index contributed by atoms with van der Waals surface area (Å²) in [4.78, 5) is 73.3. The number of nitrogens with zero attached hydrogens (tertiary/aromatic N) is 1. The molecule has 0 spiro atoms. The first-order valence-corrected chi connectivity index (χ1v) is 11.7. The number of ether oxygens (including phenoxy) is 2. The molecule has 2 aromatic rings. The number of imide groups is 1. The van der Waals surface area contributed by atoms with Crippen molar-refractivity contribution in [3.8, 4) is 11.8 Å². The third-order valence-corrected chi connectivity index (χ3v) is 5.95. The van der Waals surface area contributed by atoms with E-state index in [0.29, 0.717) is 5.56 Å². The Morgan fingerprint density at radius 3 is 2.66 bits per heavy atom. The van der Waals surface area contributed by atoms with Gasteiger partial charge >= 0.3 is 11.9 Å². The molecule has 11 heteroatoms. The van der Waals surface area contributed by atoms with E-state index in [0.717, 1.165) is 11.1 Å². The van der Waals surface area contributed by atoms with Crippen LogP contribution in [0.3, 0.4) is 0 Å². The summed E-state index contributed by atoms with van der Waals surface area (Å²) in [5, 5.41) is 4.94. The predicted octanol–water partition coefficient (Wildman–Crippen LogP) is 0.793. The van der Waals surface area contributed by atoms with Crippen LogP contribution >= 0.6 is 0 Å². The van der Waals surface area contributed by atoms with Crippen LogP contribution in [0.2, 0.25) is 0 Å².